The van der Waals surface area contributed by atoms with Gasteiger partial charge in [0.05, 0.1) is 0 Å². The number of hydrogen-bond acceptors (Lipinski definition) is 1. The van der Waals surface area contributed by atoms with E-state index in [-0.39, 0.29) is 24.3 Å². The third-order valence-electron chi connectivity index (χ3n) is 2.57. The molecule has 5 N–H and O–H groups in total. The first kappa shape index (κ1) is 23.5. The first-order valence-electron chi connectivity index (χ1n) is 6.96. The number of nitrogens with zero attached hydrogens (tertiary/aromatic N) is 2. The van der Waals surface area contributed by atoms with Gasteiger partial charge in [-0.05, 0) is 11.1 Å². The number of aliphatic imine (C=N–C) groups is 1. The van der Waals surface area contributed by atoms with Crippen molar-refractivity contribution in [2.75, 3.05) is 14.1 Å². The van der Waals surface area contributed by atoms with Crippen LogP contribution in [0.1, 0.15) is 0 Å². The van der Waals surface area contributed by atoms with E-state index < -0.39 is 0 Å². The summed E-state index contributed by atoms with van der Waals surface area (Å²) in [5, 5.41) is 6.70. The van der Waals surface area contributed by atoms with Crippen LogP contribution >= 0.6 is 12.4 Å². The Balaban J connectivity index is 0. The lowest BCUT2D eigenvalue weighted by Gasteiger charge is -2.08. The summed E-state index contributed by atoms with van der Waals surface area (Å²) in [5.41, 5.74) is 12.7. The summed E-state index contributed by atoms with van der Waals surface area (Å²) < 4.78 is 0. The second-order valence-corrected chi connectivity index (χ2v) is 4.48. The van der Waals surface area contributed by atoms with Crippen molar-refractivity contribution in [3.8, 4) is 11.1 Å². The predicted octanol–water partition coefficient (Wildman–Crippen LogP) is 3.33. The molecule has 2 aromatic carbocycles. The highest BCUT2D eigenvalue weighted by molar-refractivity contribution is 5.91. The molecule has 0 fully saturated rings. The van der Waals surface area contributed by atoms with Crippen LogP contribution in [0.15, 0.2) is 78.8 Å². The Labute approximate surface area is 150 Å². The fourth-order valence-electron chi connectivity index (χ4n) is 1.48. The molecule has 0 radical (unpaired) electrons. The van der Waals surface area contributed by atoms with Crippen LogP contribution < -0.4 is 11.5 Å². The van der Waals surface area contributed by atoms with Gasteiger partial charge in [-0.1, -0.05) is 60.7 Å². The molecule has 130 valence electrons. The van der Waals surface area contributed by atoms with E-state index >= 15 is 0 Å². The van der Waals surface area contributed by atoms with Crippen molar-refractivity contribution in [2.24, 2.45) is 16.5 Å². The summed E-state index contributed by atoms with van der Waals surface area (Å²) in [7, 11) is 3.45. The standard InChI is InChI=1S/C12H10.C4H11N5.C2H4.ClH/c1-3-7-11(8-4-1)12-9-5-2-6-10-12;1-9(2)4(7)8-3(5)6;1-2;/h1-10H;1-2H3,(H5,5,6,7,8);1-2H2;1H. The van der Waals surface area contributed by atoms with Crippen LogP contribution in [0.5, 0.6) is 0 Å². The van der Waals surface area contributed by atoms with Crippen LogP contribution in [-0.4, -0.2) is 30.9 Å². The molecule has 0 unspecified atom stereocenters. The van der Waals surface area contributed by atoms with Gasteiger partial charge in [-0.2, -0.15) is 4.99 Å². The van der Waals surface area contributed by atoms with Crippen molar-refractivity contribution in [1.29, 1.82) is 5.41 Å². The van der Waals surface area contributed by atoms with E-state index in [0.29, 0.717) is 0 Å². The molecule has 2 aromatic rings. The topological polar surface area (TPSA) is 91.5 Å². The van der Waals surface area contributed by atoms with E-state index in [1.807, 2.05) is 12.1 Å². The molecular weight excluding hydrogens is 322 g/mol. The molecule has 0 saturated heterocycles. The summed E-state index contributed by atoms with van der Waals surface area (Å²) in [6.07, 6.45) is 0. The molecule has 0 heterocycles. The summed E-state index contributed by atoms with van der Waals surface area (Å²) in [6, 6.07) is 20.8. The van der Waals surface area contributed by atoms with Gasteiger partial charge in [0.2, 0.25) is 5.96 Å². The van der Waals surface area contributed by atoms with E-state index in [0.717, 1.165) is 0 Å². The van der Waals surface area contributed by atoms with Crippen LogP contribution in [-0.2, 0) is 0 Å². The molecule has 0 aliphatic rings. The number of hydrogen-bond donors (Lipinski definition) is 3. The van der Waals surface area contributed by atoms with Crippen LogP contribution in [0.25, 0.3) is 11.1 Å². The van der Waals surface area contributed by atoms with Gasteiger partial charge >= 0.3 is 0 Å². The number of nitrogens with one attached hydrogen (secondary N) is 1. The molecular formula is C18H26ClN5. The second-order valence-electron chi connectivity index (χ2n) is 4.48. The minimum atomic E-state index is -0.277. The van der Waals surface area contributed by atoms with Crippen molar-refractivity contribution in [3.63, 3.8) is 0 Å². The third-order valence-corrected chi connectivity index (χ3v) is 2.57. The zero-order valence-electron chi connectivity index (χ0n) is 14.1. The quantitative estimate of drug-likeness (QED) is 0.419. The van der Waals surface area contributed by atoms with Crippen molar-refractivity contribution >= 4 is 24.3 Å². The molecule has 5 nitrogen and oxygen atoms in total. The van der Waals surface area contributed by atoms with Crippen molar-refractivity contribution in [2.45, 2.75) is 0 Å². The number of nitrogens with two attached hydrogens (primary N) is 2. The van der Waals surface area contributed by atoms with Gasteiger partial charge in [-0.3, -0.25) is 5.41 Å². The summed E-state index contributed by atoms with van der Waals surface area (Å²) in [5.74, 6) is -0.0382. The Morgan fingerprint density at radius 2 is 1.21 bits per heavy atom. The Bertz CT molecular complexity index is 560. The van der Waals surface area contributed by atoms with E-state index in [4.69, 9.17) is 16.9 Å². The van der Waals surface area contributed by atoms with Crippen LogP contribution in [0.4, 0.5) is 0 Å². The molecule has 24 heavy (non-hydrogen) atoms. The van der Waals surface area contributed by atoms with Crippen molar-refractivity contribution in [1.82, 2.24) is 4.90 Å². The van der Waals surface area contributed by atoms with Crippen LogP contribution in [0.2, 0.25) is 0 Å². The lowest BCUT2D eigenvalue weighted by molar-refractivity contribution is 0.615. The predicted molar refractivity (Wildman–Crippen MR) is 108 cm³/mol. The average molecular weight is 348 g/mol. The fraction of sp³-hybridized carbons (Fsp3) is 0.111. The summed E-state index contributed by atoms with van der Waals surface area (Å²) >= 11 is 0. The molecule has 0 bridgehead atoms. The van der Waals surface area contributed by atoms with Gasteiger partial charge in [-0.25, -0.2) is 0 Å². The molecule has 0 saturated carbocycles. The van der Waals surface area contributed by atoms with Gasteiger partial charge in [-0.15, -0.1) is 25.6 Å². The zero-order chi connectivity index (χ0) is 17.7. The van der Waals surface area contributed by atoms with E-state index in [1.54, 1.807) is 19.0 Å². The first-order chi connectivity index (χ1) is 11.0. The second kappa shape index (κ2) is 13.8. The monoisotopic (exact) mass is 347 g/mol. The smallest absolute Gasteiger partial charge is 0.215 e. The maximum atomic E-state index is 6.70. The fourth-order valence-corrected chi connectivity index (χ4v) is 1.48. The van der Waals surface area contributed by atoms with Gasteiger partial charge in [0, 0.05) is 14.1 Å². The maximum Gasteiger partial charge on any atom is 0.215 e. The number of benzene rings is 2. The molecule has 0 amide bonds. The van der Waals surface area contributed by atoms with Crippen LogP contribution in [0, 0.1) is 5.41 Å². The number of guanidine groups is 2. The Kier molecular flexibility index (Phi) is 13.5. The molecule has 6 heteroatoms. The highest BCUT2D eigenvalue weighted by Gasteiger charge is 1.92. The van der Waals surface area contributed by atoms with Gasteiger partial charge in [0.1, 0.15) is 0 Å². The third kappa shape index (κ3) is 10.0. The van der Waals surface area contributed by atoms with E-state index in [1.165, 1.54) is 11.1 Å². The normalized spacial score (nSPS) is 9.17. The number of halogens is 1. The minimum absolute atomic E-state index is 0. The highest BCUT2D eigenvalue weighted by Crippen LogP contribution is 2.17. The molecule has 0 aromatic heterocycles. The highest BCUT2D eigenvalue weighted by atomic mass is 35.5. The number of rotatable bonds is 1. The van der Waals surface area contributed by atoms with Crippen molar-refractivity contribution in [3.05, 3.63) is 73.8 Å². The molecule has 0 aliphatic carbocycles. The van der Waals surface area contributed by atoms with E-state index in [2.05, 4.69) is 66.7 Å². The SMILES string of the molecule is C=C.CN(C)C(N)=NC(=N)N.Cl.c1ccc(-c2ccccc2)cc1. The molecule has 2 rings (SSSR count). The first-order valence-corrected chi connectivity index (χ1v) is 6.96. The lowest BCUT2D eigenvalue weighted by Crippen LogP contribution is -2.32. The van der Waals surface area contributed by atoms with Crippen molar-refractivity contribution < 1.29 is 0 Å². The Hall–Kier alpha value is -2.79. The Morgan fingerprint density at radius 3 is 1.42 bits per heavy atom. The van der Waals surface area contributed by atoms with Crippen LogP contribution in [0.3, 0.4) is 0 Å². The maximum absolute atomic E-state index is 6.70. The largest absolute Gasteiger partial charge is 0.369 e. The minimum Gasteiger partial charge on any atom is -0.369 e. The van der Waals surface area contributed by atoms with Gasteiger partial charge in [0.15, 0.2) is 5.96 Å². The zero-order valence-corrected chi connectivity index (χ0v) is 15.0. The van der Waals surface area contributed by atoms with E-state index in [9.17, 15) is 0 Å². The summed E-state index contributed by atoms with van der Waals surface area (Å²) in [4.78, 5) is 5.03. The van der Waals surface area contributed by atoms with Gasteiger partial charge in [0.25, 0.3) is 0 Å². The molecule has 0 aliphatic heterocycles. The molecule has 0 atom stereocenters. The lowest BCUT2D eigenvalue weighted by atomic mass is 10.1. The van der Waals surface area contributed by atoms with Gasteiger partial charge < -0.3 is 16.4 Å². The Morgan fingerprint density at radius 1 is 0.875 bits per heavy atom. The molecule has 0 spiro atoms. The average Bonchev–Trinajstić information content (AvgIpc) is 2.58. The summed E-state index contributed by atoms with van der Waals surface area (Å²) in [6.45, 7) is 6.00.